The zero-order valence-electron chi connectivity index (χ0n) is 23.2. The van der Waals surface area contributed by atoms with Crippen molar-refractivity contribution >= 4 is 28.4 Å². The number of halogens is 1. The number of anilines is 2. The number of likely N-dealkylation sites (N-methyl/N-ethyl adjacent to an activating group) is 1. The van der Waals surface area contributed by atoms with E-state index >= 15 is 0 Å². The monoisotopic (exact) mass is 556 g/mol. The van der Waals surface area contributed by atoms with Crippen LogP contribution < -0.4 is 14.5 Å². The summed E-state index contributed by atoms with van der Waals surface area (Å²) >= 11 is 0. The molecule has 0 aliphatic carbocycles. The van der Waals surface area contributed by atoms with Gasteiger partial charge < -0.3 is 24.3 Å². The second kappa shape index (κ2) is 11.3. The Hall–Kier alpha value is -4.30. The Kier molecular flexibility index (Phi) is 7.41. The smallest absolute Gasteiger partial charge is 0.282 e. The summed E-state index contributed by atoms with van der Waals surface area (Å²) in [4.78, 5) is 34.2. The van der Waals surface area contributed by atoms with Crippen molar-refractivity contribution in [3.63, 3.8) is 0 Å². The number of likely N-dealkylation sites (tertiary alicyclic amines) is 1. The van der Waals surface area contributed by atoms with Crippen molar-refractivity contribution in [3.05, 3.63) is 59.7 Å². The Morgan fingerprint density at radius 2 is 1.90 bits per heavy atom. The number of fused-ring (bicyclic) bond motifs is 2. The van der Waals surface area contributed by atoms with Crippen LogP contribution in [-0.2, 0) is 17.8 Å². The van der Waals surface area contributed by atoms with Crippen LogP contribution in [0.5, 0.6) is 5.88 Å². The van der Waals surface area contributed by atoms with Crippen molar-refractivity contribution in [1.82, 2.24) is 24.8 Å². The minimum atomic E-state index is -0.947. The molecule has 2 aromatic heterocycles. The Bertz CT molecular complexity index is 1530. The molecule has 2 fully saturated rings. The number of amides is 1. The molecule has 212 valence electrons. The van der Waals surface area contributed by atoms with E-state index in [4.69, 9.17) is 9.72 Å². The zero-order valence-corrected chi connectivity index (χ0v) is 23.2. The Morgan fingerprint density at radius 1 is 1.10 bits per heavy atom. The lowest BCUT2D eigenvalue weighted by molar-refractivity contribution is -0.128. The Labute approximate surface area is 238 Å². The fourth-order valence-corrected chi connectivity index (χ4v) is 6.15. The number of benzene rings is 1. The van der Waals surface area contributed by atoms with Crippen molar-refractivity contribution in [2.24, 2.45) is 0 Å². The van der Waals surface area contributed by atoms with Gasteiger partial charge in [0.05, 0.1) is 5.52 Å². The predicted octanol–water partition coefficient (Wildman–Crippen LogP) is 3.06. The molecular formula is C30H33FN8O2. The van der Waals surface area contributed by atoms with Gasteiger partial charge in [0.2, 0.25) is 5.88 Å². The molecule has 1 amide bonds. The summed E-state index contributed by atoms with van der Waals surface area (Å²) in [7, 11) is 2.09. The number of carbonyl (C=O) groups excluding carboxylic acids is 1. The molecule has 11 heteroatoms. The van der Waals surface area contributed by atoms with Gasteiger partial charge in [-0.25, -0.2) is 14.4 Å². The van der Waals surface area contributed by atoms with Crippen LogP contribution in [0.1, 0.15) is 29.5 Å². The third-order valence-electron chi connectivity index (χ3n) is 8.45. The standard InChI is InChI=1S/C30H33FN8O2/c1-20(31)30(40)38-14-12-37(13-15-38)28-22-9-11-39(27-23-7-3-4-8-26(23)33-19-34-27)17-25(22)24(16-32)29(35-28)41-18-21-6-5-10-36(21)2/h3-4,7-8,19,21H,1,5-6,9-15,17-18H2,2H3/t21-/m0/s1. The molecule has 1 atom stereocenters. The highest BCUT2D eigenvalue weighted by molar-refractivity contribution is 5.91. The van der Waals surface area contributed by atoms with Gasteiger partial charge in [-0.15, -0.1) is 0 Å². The summed E-state index contributed by atoms with van der Waals surface area (Å²) in [6.45, 7) is 7.53. The van der Waals surface area contributed by atoms with E-state index in [9.17, 15) is 14.4 Å². The molecule has 0 radical (unpaired) electrons. The summed E-state index contributed by atoms with van der Waals surface area (Å²) in [5.41, 5.74) is 3.22. The van der Waals surface area contributed by atoms with Gasteiger partial charge in [0.1, 0.15) is 36.2 Å². The molecule has 3 aliphatic rings. The molecule has 0 bridgehead atoms. The quantitative estimate of drug-likeness (QED) is 0.424. The van der Waals surface area contributed by atoms with Crippen LogP contribution in [0, 0.1) is 11.3 Å². The molecule has 6 rings (SSSR count). The first-order valence-electron chi connectivity index (χ1n) is 14.1. The van der Waals surface area contributed by atoms with Gasteiger partial charge in [-0.3, -0.25) is 4.79 Å². The summed E-state index contributed by atoms with van der Waals surface area (Å²) in [5.74, 6) is 0.324. The number of ether oxygens (including phenoxy) is 1. The first-order chi connectivity index (χ1) is 19.9. The number of pyridine rings is 1. The third-order valence-corrected chi connectivity index (χ3v) is 8.45. The molecule has 0 unspecified atom stereocenters. The first kappa shape index (κ1) is 26.9. The van der Waals surface area contributed by atoms with E-state index in [2.05, 4.69) is 44.4 Å². The van der Waals surface area contributed by atoms with Crippen LogP contribution in [0.2, 0.25) is 0 Å². The highest BCUT2D eigenvalue weighted by Crippen LogP contribution is 2.37. The molecule has 3 aromatic rings. The summed E-state index contributed by atoms with van der Waals surface area (Å²) in [5, 5.41) is 11.3. The van der Waals surface area contributed by atoms with E-state index in [1.165, 1.54) is 4.90 Å². The highest BCUT2D eigenvalue weighted by Gasteiger charge is 2.32. The third kappa shape index (κ3) is 5.15. The van der Waals surface area contributed by atoms with Crippen LogP contribution in [0.3, 0.4) is 0 Å². The normalized spacial score (nSPS) is 19.2. The van der Waals surface area contributed by atoms with Crippen molar-refractivity contribution in [2.45, 2.75) is 31.8 Å². The summed E-state index contributed by atoms with van der Waals surface area (Å²) in [6.07, 6.45) is 4.40. The fraction of sp³-hybridized carbons (Fsp3) is 0.433. The molecule has 3 aliphatic heterocycles. The van der Waals surface area contributed by atoms with Gasteiger partial charge in [-0.2, -0.15) is 10.2 Å². The van der Waals surface area contributed by atoms with Crippen LogP contribution in [0.25, 0.3) is 10.9 Å². The molecule has 0 N–H and O–H groups in total. The van der Waals surface area contributed by atoms with Crippen LogP contribution in [0.15, 0.2) is 43.0 Å². The maximum Gasteiger partial charge on any atom is 0.282 e. The van der Waals surface area contributed by atoms with Crippen LogP contribution in [0.4, 0.5) is 16.0 Å². The number of aromatic nitrogens is 3. The number of nitrogens with zero attached hydrogens (tertiary/aromatic N) is 8. The van der Waals surface area contributed by atoms with Crippen LogP contribution >= 0.6 is 0 Å². The SMILES string of the molecule is C=C(F)C(=O)N1CCN(c2nc(OC[C@@H]3CCCN3C)c(C#N)c3c2CCN(c2ncnc4ccccc24)C3)CC1. The topological polar surface area (TPSA) is 102 Å². The van der Waals surface area contributed by atoms with Gasteiger partial charge in [0, 0.05) is 61.8 Å². The van der Waals surface area contributed by atoms with Gasteiger partial charge in [0.25, 0.3) is 5.91 Å². The maximum absolute atomic E-state index is 13.5. The number of carbonyl (C=O) groups is 1. The lowest BCUT2D eigenvalue weighted by Gasteiger charge is -2.38. The van der Waals surface area contributed by atoms with Crippen molar-refractivity contribution in [1.29, 1.82) is 5.26 Å². The van der Waals surface area contributed by atoms with Gasteiger partial charge in [0.15, 0.2) is 5.83 Å². The molecule has 1 aromatic carbocycles. The van der Waals surface area contributed by atoms with Crippen LogP contribution in [-0.4, -0.2) is 89.6 Å². The summed E-state index contributed by atoms with van der Waals surface area (Å²) in [6, 6.07) is 10.6. The van der Waals surface area contributed by atoms with E-state index in [-0.39, 0.29) is 6.04 Å². The molecular weight excluding hydrogens is 523 g/mol. The molecule has 0 saturated carbocycles. The van der Waals surface area contributed by atoms with Gasteiger partial charge in [-0.05, 0) is 45.0 Å². The molecule has 41 heavy (non-hydrogen) atoms. The van der Waals surface area contributed by atoms with Gasteiger partial charge >= 0.3 is 0 Å². The highest BCUT2D eigenvalue weighted by atomic mass is 19.1. The van der Waals surface area contributed by atoms with Gasteiger partial charge in [-0.1, -0.05) is 18.7 Å². The van der Waals surface area contributed by atoms with E-state index < -0.39 is 11.7 Å². The number of nitriles is 1. The van der Waals surface area contributed by atoms with E-state index in [1.54, 1.807) is 6.33 Å². The lowest BCUT2D eigenvalue weighted by atomic mass is 9.95. The Balaban J connectivity index is 1.36. The maximum atomic E-state index is 13.5. The minimum absolute atomic E-state index is 0.273. The van der Waals surface area contributed by atoms with E-state index in [0.717, 1.165) is 53.1 Å². The fourth-order valence-electron chi connectivity index (χ4n) is 6.15. The lowest BCUT2D eigenvalue weighted by Crippen LogP contribution is -2.49. The van der Waals surface area contributed by atoms with E-state index in [0.29, 0.717) is 63.7 Å². The molecule has 5 heterocycles. The zero-order chi connectivity index (χ0) is 28.5. The van der Waals surface area contributed by atoms with Crippen molar-refractivity contribution < 1.29 is 13.9 Å². The van der Waals surface area contributed by atoms with E-state index in [1.807, 2.05) is 24.3 Å². The number of piperazine rings is 1. The number of rotatable bonds is 6. The second-order valence-electron chi connectivity index (χ2n) is 10.8. The molecule has 2 saturated heterocycles. The predicted molar refractivity (Wildman–Crippen MR) is 153 cm³/mol. The molecule has 10 nitrogen and oxygen atoms in total. The molecule has 0 spiro atoms. The average Bonchev–Trinajstić information content (AvgIpc) is 3.42. The second-order valence-corrected chi connectivity index (χ2v) is 10.8. The largest absolute Gasteiger partial charge is 0.475 e. The number of hydrogen-bond donors (Lipinski definition) is 0. The number of hydrogen-bond acceptors (Lipinski definition) is 9. The minimum Gasteiger partial charge on any atom is -0.475 e. The first-order valence-corrected chi connectivity index (χ1v) is 14.1. The van der Waals surface area contributed by atoms with Crippen molar-refractivity contribution in [2.75, 3.05) is 62.7 Å². The Morgan fingerprint density at radius 3 is 2.63 bits per heavy atom. The average molecular weight is 557 g/mol. The number of para-hydroxylation sites is 1. The summed E-state index contributed by atoms with van der Waals surface area (Å²) < 4.78 is 19.8. The van der Waals surface area contributed by atoms with Crippen molar-refractivity contribution in [3.8, 4) is 11.9 Å².